The lowest BCUT2D eigenvalue weighted by atomic mass is 9.81. The molecule has 1 saturated carbocycles. The molecule has 0 heterocycles. The van der Waals surface area contributed by atoms with E-state index in [1.165, 1.54) is 96.3 Å². The summed E-state index contributed by atoms with van der Waals surface area (Å²) in [6, 6.07) is 0. The maximum Gasteiger partial charge on any atom is 0.254 e. The molecule has 1 aliphatic carbocycles. The van der Waals surface area contributed by atoms with E-state index in [4.69, 9.17) is 13.0 Å². The molecule has 0 aromatic heterocycles. The van der Waals surface area contributed by atoms with E-state index in [1.807, 2.05) is 0 Å². The largest absolute Gasteiger partial charge is 0.288 e. The van der Waals surface area contributed by atoms with Gasteiger partial charge in [0.15, 0.2) is 0 Å². The van der Waals surface area contributed by atoms with Crippen LogP contribution in [-0.2, 0) is 11.0 Å². The minimum Gasteiger partial charge on any atom is -0.288 e. The third-order valence-electron chi connectivity index (χ3n) is 4.44. The molecule has 0 atom stereocenters. The Hall–Kier alpha value is -0.0900. The van der Waals surface area contributed by atoms with E-state index in [1.54, 1.807) is 0 Å². The molecular formula is C17H36O3S. The van der Waals surface area contributed by atoms with E-state index in [0.717, 1.165) is 5.92 Å². The van der Waals surface area contributed by atoms with E-state index in [0.29, 0.717) is 0 Å². The van der Waals surface area contributed by atoms with Gasteiger partial charge in [-0.1, -0.05) is 103 Å². The molecule has 1 N–H and O–H groups in total. The van der Waals surface area contributed by atoms with Gasteiger partial charge in [-0.15, -0.1) is 0 Å². The number of rotatable bonds is 12. The van der Waals surface area contributed by atoms with Crippen molar-refractivity contribution in [2.45, 2.75) is 103 Å². The van der Waals surface area contributed by atoms with Gasteiger partial charge in [0, 0.05) is 0 Å². The predicted molar refractivity (Wildman–Crippen MR) is 91.4 cm³/mol. The van der Waals surface area contributed by atoms with E-state index in [9.17, 15) is 0 Å². The van der Waals surface area contributed by atoms with Gasteiger partial charge >= 0.3 is 0 Å². The Kier molecular flexibility index (Phi) is 16.2. The van der Waals surface area contributed by atoms with E-state index >= 15 is 0 Å². The quantitative estimate of drug-likeness (QED) is 0.281. The molecule has 0 aromatic rings. The number of hydrogen-bond donors (Lipinski definition) is 2. The van der Waals surface area contributed by atoms with Crippen LogP contribution in [0.2, 0.25) is 0 Å². The first-order valence-corrected chi connectivity index (χ1v) is 10.1. The van der Waals surface area contributed by atoms with Crippen molar-refractivity contribution in [1.29, 1.82) is 0 Å². The summed E-state index contributed by atoms with van der Waals surface area (Å²) in [6.45, 7) is 2.30. The van der Waals surface area contributed by atoms with Crippen molar-refractivity contribution in [2.24, 2.45) is 5.92 Å². The van der Waals surface area contributed by atoms with Crippen LogP contribution < -0.4 is 0 Å². The third-order valence-corrected chi connectivity index (χ3v) is 4.44. The summed E-state index contributed by atoms with van der Waals surface area (Å²) in [5, 5.41) is 0. The lowest BCUT2D eigenvalue weighted by molar-refractivity contribution is 0.286. The minimum absolute atomic E-state index is 1.13. The van der Waals surface area contributed by atoms with Crippen LogP contribution in [-0.4, -0.2) is 13.0 Å². The monoisotopic (exact) mass is 320 g/mol. The first kappa shape index (κ1) is 20.9. The number of thiol groups is 1. The van der Waals surface area contributed by atoms with Gasteiger partial charge in [0.1, 0.15) is 0 Å². The zero-order valence-electron chi connectivity index (χ0n) is 13.9. The Morgan fingerprint density at radius 1 is 0.810 bits per heavy atom. The van der Waals surface area contributed by atoms with Crippen LogP contribution in [0.1, 0.15) is 103 Å². The normalized spacial score (nSPS) is 14.6. The molecule has 0 bridgehead atoms. The molecule has 128 valence electrons. The summed E-state index contributed by atoms with van der Waals surface area (Å²) in [6.07, 6.45) is 22.4. The van der Waals surface area contributed by atoms with Gasteiger partial charge in [-0.25, -0.2) is 8.42 Å². The first-order valence-electron chi connectivity index (χ1n) is 9.00. The molecule has 0 saturated heterocycles. The van der Waals surface area contributed by atoms with Crippen molar-refractivity contribution in [3.05, 3.63) is 0 Å². The summed E-state index contributed by atoms with van der Waals surface area (Å²) < 4.78 is 24.2. The second-order valence-corrected chi connectivity index (χ2v) is 6.83. The fourth-order valence-electron chi connectivity index (χ4n) is 2.88. The van der Waals surface area contributed by atoms with Crippen molar-refractivity contribution in [3.8, 4) is 0 Å². The fraction of sp³-hybridized carbons (Fsp3) is 1.00. The molecule has 0 aromatic carbocycles. The smallest absolute Gasteiger partial charge is 0.254 e. The van der Waals surface area contributed by atoms with Gasteiger partial charge in [0.2, 0.25) is 0 Å². The van der Waals surface area contributed by atoms with Crippen molar-refractivity contribution in [1.82, 2.24) is 0 Å². The standard InChI is InChI=1S/C17H34.H2O3S/c1-2-3-4-5-6-7-8-9-10-11-12-14-17-15-13-16-17;1-4(2)3/h17H,2-16H2,1H3;4H,(H,1,2,3). The molecule has 0 aliphatic heterocycles. The lowest BCUT2D eigenvalue weighted by Crippen LogP contribution is -2.10. The highest BCUT2D eigenvalue weighted by molar-refractivity contribution is 7.66. The van der Waals surface area contributed by atoms with Crippen LogP contribution in [0.15, 0.2) is 0 Å². The zero-order chi connectivity index (χ0) is 15.8. The Labute approximate surface area is 133 Å². The van der Waals surface area contributed by atoms with Crippen molar-refractivity contribution in [2.75, 3.05) is 0 Å². The van der Waals surface area contributed by atoms with Crippen LogP contribution in [0, 0.1) is 5.92 Å². The highest BCUT2D eigenvalue weighted by Gasteiger charge is 2.15. The second-order valence-electron chi connectivity index (χ2n) is 6.36. The predicted octanol–water partition coefficient (Wildman–Crippen LogP) is 5.56. The third kappa shape index (κ3) is 17.9. The Morgan fingerprint density at radius 2 is 1.19 bits per heavy atom. The highest BCUT2D eigenvalue weighted by Crippen LogP contribution is 2.31. The Bertz CT molecular complexity index is 265. The minimum atomic E-state index is -3.12. The molecule has 0 amide bonds. The first-order chi connectivity index (χ1) is 10.2. The van der Waals surface area contributed by atoms with Crippen LogP contribution >= 0.6 is 0 Å². The summed E-state index contributed by atoms with van der Waals surface area (Å²) >= 11 is 0. The number of unbranched alkanes of at least 4 members (excludes halogenated alkanes) is 10. The summed E-state index contributed by atoms with van der Waals surface area (Å²) in [4.78, 5) is 0. The van der Waals surface area contributed by atoms with Gasteiger partial charge in [0.05, 0.1) is 0 Å². The van der Waals surface area contributed by atoms with Gasteiger partial charge in [-0.05, 0) is 5.92 Å². The fourth-order valence-corrected chi connectivity index (χ4v) is 2.88. The average molecular weight is 321 g/mol. The summed E-state index contributed by atoms with van der Waals surface area (Å²) in [5.41, 5.74) is 0. The van der Waals surface area contributed by atoms with Crippen LogP contribution in [0.5, 0.6) is 0 Å². The maximum absolute atomic E-state index is 8.59. The Morgan fingerprint density at radius 3 is 1.52 bits per heavy atom. The molecule has 1 aliphatic rings. The van der Waals surface area contributed by atoms with Crippen LogP contribution in [0.4, 0.5) is 0 Å². The topological polar surface area (TPSA) is 54.4 Å². The lowest BCUT2D eigenvalue weighted by Gasteiger charge is -2.24. The van der Waals surface area contributed by atoms with E-state index < -0.39 is 11.0 Å². The van der Waals surface area contributed by atoms with E-state index in [2.05, 4.69) is 6.92 Å². The number of hydrogen-bond acceptors (Lipinski definition) is 2. The van der Waals surface area contributed by atoms with Crippen LogP contribution in [0.25, 0.3) is 0 Å². The average Bonchev–Trinajstić information content (AvgIpc) is 2.37. The maximum atomic E-state index is 8.59. The van der Waals surface area contributed by atoms with Crippen molar-refractivity contribution >= 4 is 11.0 Å². The van der Waals surface area contributed by atoms with Gasteiger partial charge in [-0.3, -0.25) is 4.55 Å². The SMILES string of the molecule is CCCCCCCCCCCCCC1CCC1.O=[SH](=O)O. The molecule has 1 rings (SSSR count). The molecular weight excluding hydrogens is 284 g/mol. The molecule has 1 fully saturated rings. The van der Waals surface area contributed by atoms with E-state index in [-0.39, 0.29) is 0 Å². The second kappa shape index (κ2) is 16.3. The molecule has 0 unspecified atom stereocenters. The molecule has 21 heavy (non-hydrogen) atoms. The van der Waals surface area contributed by atoms with Gasteiger partial charge in [-0.2, -0.15) is 0 Å². The van der Waals surface area contributed by atoms with Gasteiger partial charge < -0.3 is 0 Å². The Balaban J connectivity index is 0.000000885. The summed E-state index contributed by atoms with van der Waals surface area (Å²) in [7, 11) is -3.12. The molecule has 4 heteroatoms. The highest BCUT2D eigenvalue weighted by atomic mass is 32.2. The van der Waals surface area contributed by atoms with Crippen molar-refractivity contribution in [3.63, 3.8) is 0 Å². The summed E-state index contributed by atoms with van der Waals surface area (Å²) in [5.74, 6) is 1.13. The molecule has 0 radical (unpaired) electrons. The molecule has 3 nitrogen and oxygen atoms in total. The zero-order valence-corrected chi connectivity index (χ0v) is 14.8. The van der Waals surface area contributed by atoms with Gasteiger partial charge in [0.25, 0.3) is 11.0 Å². The molecule has 0 spiro atoms. The van der Waals surface area contributed by atoms with Crippen molar-refractivity contribution < 1.29 is 13.0 Å². The van der Waals surface area contributed by atoms with Crippen LogP contribution in [0.3, 0.4) is 0 Å².